The van der Waals surface area contributed by atoms with Gasteiger partial charge in [-0.2, -0.15) is 13.2 Å². The van der Waals surface area contributed by atoms with Crippen LogP contribution in [-0.4, -0.2) is 16.0 Å². The first-order valence-corrected chi connectivity index (χ1v) is 5.28. The Morgan fingerprint density at radius 2 is 2.19 bits per heavy atom. The van der Waals surface area contributed by atoms with Crippen LogP contribution >= 0.6 is 0 Å². The number of halogens is 3. The van der Waals surface area contributed by atoms with E-state index in [1.165, 1.54) is 0 Å². The summed E-state index contributed by atoms with van der Waals surface area (Å²) in [4.78, 5) is 5.93. The molecule has 1 heterocycles. The smallest absolute Gasteiger partial charge is 0.337 e. The van der Waals surface area contributed by atoms with E-state index in [1.54, 1.807) is 0 Å². The summed E-state index contributed by atoms with van der Waals surface area (Å²) in [6.07, 6.45) is -1.49. The van der Waals surface area contributed by atoms with E-state index < -0.39 is 11.9 Å². The third-order valence-electron chi connectivity index (χ3n) is 2.27. The van der Waals surface area contributed by atoms with Crippen LogP contribution in [0.4, 0.5) is 13.2 Å². The Morgan fingerprint density at radius 1 is 1.50 bits per heavy atom. The van der Waals surface area contributed by atoms with Gasteiger partial charge in [-0.25, -0.2) is 4.98 Å². The molecule has 1 atom stereocenters. The SMILES string of the molecule is CCCC(C)NCc1ncc(C(F)(F)F)[nH]1. The summed E-state index contributed by atoms with van der Waals surface area (Å²) in [5, 5.41) is 3.10. The van der Waals surface area contributed by atoms with Crippen LogP contribution in [-0.2, 0) is 12.7 Å². The second-order valence-corrected chi connectivity index (χ2v) is 3.81. The van der Waals surface area contributed by atoms with Crippen molar-refractivity contribution in [1.29, 1.82) is 0 Å². The number of aromatic nitrogens is 2. The lowest BCUT2D eigenvalue weighted by Gasteiger charge is -2.10. The zero-order chi connectivity index (χ0) is 12.2. The Kier molecular flexibility index (Phi) is 4.35. The van der Waals surface area contributed by atoms with Gasteiger partial charge >= 0.3 is 6.18 Å². The van der Waals surface area contributed by atoms with Crippen molar-refractivity contribution in [3.8, 4) is 0 Å². The van der Waals surface area contributed by atoms with Crippen LogP contribution in [0.5, 0.6) is 0 Å². The molecule has 0 amide bonds. The molecule has 0 saturated carbocycles. The van der Waals surface area contributed by atoms with E-state index in [0.29, 0.717) is 12.4 Å². The predicted octanol–water partition coefficient (Wildman–Crippen LogP) is 2.71. The Balaban J connectivity index is 2.47. The molecule has 6 heteroatoms. The Labute approximate surface area is 92.5 Å². The number of rotatable bonds is 5. The van der Waals surface area contributed by atoms with Crippen LogP contribution in [0.2, 0.25) is 0 Å². The maximum atomic E-state index is 12.2. The molecule has 1 unspecified atom stereocenters. The number of H-pyrrole nitrogens is 1. The first-order chi connectivity index (χ1) is 7.43. The number of nitrogens with zero attached hydrogens (tertiary/aromatic N) is 1. The lowest BCUT2D eigenvalue weighted by molar-refractivity contribution is -0.140. The average Bonchev–Trinajstić information content (AvgIpc) is 2.63. The van der Waals surface area contributed by atoms with Gasteiger partial charge in [-0.3, -0.25) is 0 Å². The molecule has 3 nitrogen and oxygen atoms in total. The lowest BCUT2D eigenvalue weighted by Crippen LogP contribution is -2.25. The van der Waals surface area contributed by atoms with Crippen LogP contribution in [0.3, 0.4) is 0 Å². The molecule has 0 fully saturated rings. The number of alkyl halides is 3. The highest BCUT2D eigenvalue weighted by Crippen LogP contribution is 2.27. The molecule has 16 heavy (non-hydrogen) atoms. The molecule has 0 aliphatic heterocycles. The van der Waals surface area contributed by atoms with Gasteiger partial charge in [-0.05, 0) is 13.3 Å². The predicted molar refractivity (Wildman–Crippen MR) is 54.8 cm³/mol. The monoisotopic (exact) mass is 235 g/mol. The highest BCUT2D eigenvalue weighted by atomic mass is 19.4. The van der Waals surface area contributed by atoms with Crippen LogP contribution < -0.4 is 5.32 Å². The number of hydrogen-bond acceptors (Lipinski definition) is 2. The van der Waals surface area contributed by atoms with Gasteiger partial charge in [-0.1, -0.05) is 13.3 Å². The Hall–Kier alpha value is -1.04. The molecule has 0 bridgehead atoms. The van der Waals surface area contributed by atoms with E-state index in [1.807, 2.05) is 6.92 Å². The number of imidazole rings is 1. The standard InChI is InChI=1S/C10H16F3N3/c1-3-4-7(2)14-6-9-15-5-8(16-9)10(11,12)13/h5,7,14H,3-4,6H2,1-2H3,(H,15,16). The normalized spacial score (nSPS) is 14.1. The summed E-state index contributed by atoms with van der Waals surface area (Å²) < 4.78 is 36.7. The average molecular weight is 235 g/mol. The van der Waals surface area contributed by atoms with Crippen molar-refractivity contribution in [2.45, 2.75) is 45.5 Å². The first kappa shape index (κ1) is 13.0. The molecule has 0 aliphatic rings. The van der Waals surface area contributed by atoms with E-state index in [4.69, 9.17) is 0 Å². The first-order valence-electron chi connectivity index (χ1n) is 5.28. The summed E-state index contributed by atoms with van der Waals surface area (Å²) in [6.45, 7) is 4.39. The maximum Gasteiger partial charge on any atom is 0.432 e. The molecule has 0 saturated heterocycles. The largest absolute Gasteiger partial charge is 0.432 e. The molecule has 0 radical (unpaired) electrons. The zero-order valence-electron chi connectivity index (χ0n) is 9.36. The van der Waals surface area contributed by atoms with Gasteiger partial charge in [-0.15, -0.1) is 0 Å². The maximum absolute atomic E-state index is 12.2. The molecule has 1 aromatic heterocycles. The van der Waals surface area contributed by atoms with Crippen molar-refractivity contribution in [3.05, 3.63) is 17.7 Å². The van der Waals surface area contributed by atoms with Crippen molar-refractivity contribution in [3.63, 3.8) is 0 Å². The van der Waals surface area contributed by atoms with Crippen LogP contribution in [0.1, 0.15) is 38.2 Å². The molecular formula is C10H16F3N3. The van der Waals surface area contributed by atoms with Crippen molar-refractivity contribution in [1.82, 2.24) is 15.3 Å². The number of hydrogen-bond donors (Lipinski definition) is 2. The number of nitrogens with one attached hydrogen (secondary N) is 2. The molecule has 1 aromatic rings. The van der Waals surface area contributed by atoms with E-state index in [-0.39, 0.29) is 6.04 Å². The number of aromatic amines is 1. The van der Waals surface area contributed by atoms with Gasteiger partial charge in [0.25, 0.3) is 0 Å². The molecule has 1 rings (SSSR count). The van der Waals surface area contributed by atoms with Gasteiger partial charge in [0, 0.05) is 6.04 Å². The highest BCUT2D eigenvalue weighted by Gasteiger charge is 2.32. The molecule has 2 N–H and O–H groups in total. The van der Waals surface area contributed by atoms with Gasteiger partial charge in [0.1, 0.15) is 11.5 Å². The van der Waals surface area contributed by atoms with E-state index in [2.05, 4.69) is 22.2 Å². The molecule has 0 aliphatic carbocycles. The molecule has 0 aromatic carbocycles. The minimum absolute atomic E-state index is 0.282. The van der Waals surface area contributed by atoms with Crippen molar-refractivity contribution >= 4 is 0 Å². The summed E-state index contributed by atoms with van der Waals surface area (Å²) in [7, 11) is 0. The van der Waals surface area contributed by atoms with E-state index >= 15 is 0 Å². The minimum atomic E-state index is -4.35. The van der Waals surface area contributed by atoms with Crippen molar-refractivity contribution < 1.29 is 13.2 Å². The molecule has 0 spiro atoms. The van der Waals surface area contributed by atoms with E-state index in [9.17, 15) is 13.2 Å². The summed E-state index contributed by atoms with van der Waals surface area (Å²) >= 11 is 0. The summed E-state index contributed by atoms with van der Waals surface area (Å²) in [5.74, 6) is 0.315. The zero-order valence-corrected chi connectivity index (χ0v) is 9.36. The fraction of sp³-hybridized carbons (Fsp3) is 0.700. The second-order valence-electron chi connectivity index (χ2n) is 3.81. The third-order valence-corrected chi connectivity index (χ3v) is 2.27. The highest BCUT2D eigenvalue weighted by molar-refractivity contribution is 5.04. The Morgan fingerprint density at radius 3 is 2.69 bits per heavy atom. The third kappa shape index (κ3) is 3.84. The van der Waals surface area contributed by atoms with Gasteiger partial charge < -0.3 is 10.3 Å². The van der Waals surface area contributed by atoms with Crippen molar-refractivity contribution in [2.75, 3.05) is 0 Å². The summed E-state index contributed by atoms with van der Waals surface area (Å²) in [5.41, 5.74) is -0.799. The van der Waals surface area contributed by atoms with Gasteiger partial charge in [0.05, 0.1) is 12.7 Å². The van der Waals surface area contributed by atoms with Crippen LogP contribution in [0.15, 0.2) is 6.20 Å². The topological polar surface area (TPSA) is 40.7 Å². The quantitative estimate of drug-likeness (QED) is 0.823. The van der Waals surface area contributed by atoms with Crippen molar-refractivity contribution in [2.24, 2.45) is 0 Å². The van der Waals surface area contributed by atoms with Gasteiger partial charge in [0.15, 0.2) is 0 Å². The molecular weight excluding hydrogens is 219 g/mol. The fourth-order valence-corrected chi connectivity index (χ4v) is 1.40. The fourth-order valence-electron chi connectivity index (χ4n) is 1.40. The Bertz CT molecular complexity index is 319. The molecule has 92 valence electrons. The lowest BCUT2D eigenvalue weighted by atomic mass is 10.2. The summed E-state index contributed by atoms with van der Waals surface area (Å²) in [6, 6.07) is 0.282. The van der Waals surface area contributed by atoms with Crippen LogP contribution in [0.25, 0.3) is 0 Å². The van der Waals surface area contributed by atoms with Gasteiger partial charge in [0.2, 0.25) is 0 Å². The van der Waals surface area contributed by atoms with Crippen LogP contribution in [0, 0.1) is 0 Å². The van der Waals surface area contributed by atoms with E-state index in [0.717, 1.165) is 19.0 Å². The minimum Gasteiger partial charge on any atom is -0.337 e. The second kappa shape index (κ2) is 5.34.